The number of rotatable bonds is 7. The fourth-order valence-corrected chi connectivity index (χ4v) is 1.32. The first-order chi connectivity index (χ1) is 6.82. The maximum atomic E-state index is 11.5. The summed E-state index contributed by atoms with van der Waals surface area (Å²) in [5, 5.41) is 0. The number of primary amides is 1. The van der Waals surface area contributed by atoms with E-state index in [-0.39, 0.29) is 24.2 Å². The first-order valence-electron chi connectivity index (χ1n) is 5.36. The number of hydrogen-bond donors (Lipinski definition) is 1. The van der Waals surface area contributed by atoms with Gasteiger partial charge in [-0.05, 0) is 5.92 Å². The molecule has 0 atom stereocenters. The van der Waals surface area contributed by atoms with Gasteiger partial charge in [-0.2, -0.15) is 0 Å². The third-order valence-electron chi connectivity index (χ3n) is 2.03. The molecule has 0 saturated heterocycles. The van der Waals surface area contributed by atoms with E-state index in [9.17, 15) is 9.59 Å². The van der Waals surface area contributed by atoms with Gasteiger partial charge in [-0.1, -0.05) is 27.7 Å². The Morgan fingerprint density at radius 3 is 2.00 bits per heavy atom. The van der Waals surface area contributed by atoms with Crippen LogP contribution in [-0.4, -0.2) is 36.2 Å². The molecule has 0 rings (SSSR count). The molecular formula is C11H22N2O2. The zero-order chi connectivity index (χ0) is 12.0. The average Bonchev–Trinajstić information content (AvgIpc) is 2.00. The summed E-state index contributed by atoms with van der Waals surface area (Å²) in [4.78, 5) is 24.1. The summed E-state index contributed by atoms with van der Waals surface area (Å²) in [6.45, 7) is 9.03. The van der Waals surface area contributed by atoms with E-state index in [1.165, 1.54) is 0 Å². The van der Waals surface area contributed by atoms with E-state index in [4.69, 9.17) is 5.73 Å². The van der Waals surface area contributed by atoms with Crippen LogP contribution in [0, 0.1) is 11.8 Å². The lowest BCUT2D eigenvalue weighted by Gasteiger charge is -2.22. The molecule has 0 heterocycles. The Labute approximate surface area is 91.8 Å². The van der Waals surface area contributed by atoms with Crippen molar-refractivity contribution in [3.8, 4) is 0 Å². The molecule has 0 spiro atoms. The van der Waals surface area contributed by atoms with Crippen molar-refractivity contribution in [3.05, 3.63) is 0 Å². The molecule has 15 heavy (non-hydrogen) atoms. The zero-order valence-electron chi connectivity index (χ0n) is 10.1. The van der Waals surface area contributed by atoms with Gasteiger partial charge in [-0.3, -0.25) is 14.5 Å². The SMILES string of the molecule is CC(C)CN(CC(N)=O)CC(=O)C(C)C. The van der Waals surface area contributed by atoms with Crippen LogP contribution in [0.5, 0.6) is 0 Å². The Morgan fingerprint density at radius 1 is 1.13 bits per heavy atom. The summed E-state index contributed by atoms with van der Waals surface area (Å²) in [5.41, 5.74) is 5.13. The lowest BCUT2D eigenvalue weighted by Crippen LogP contribution is -2.40. The van der Waals surface area contributed by atoms with Crippen LogP contribution in [0.15, 0.2) is 0 Å². The Balaban J connectivity index is 4.23. The minimum absolute atomic E-state index is 0.00698. The highest BCUT2D eigenvalue weighted by atomic mass is 16.1. The fourth-order valence-electron chi connectivity index (χ4n) is 1.32. The molecule has 0 aromatic carbocycles. The average molecular weight is 214 g/mol. The van der Waals surface area contributed by atoms with Crippen LogP contribution in [0.1, 0.15) is 27.7 Å². The standard InChI is InChI=1S/C11H22N2O2/c1-8(2)5-13(7-11(12)15)6-10(14)9(3)4/h8-9H,5-7H2,1-4H3,(H2,12,15). The van der Waals surface area contributed by atoms with Gasteiger partial charge in [-0.25, -0.2) is 0 Å². The van der Waals surface area contributed by atoms with Crippen LogP contribution >= 0.6 is 0 Å². The molecule has 0 unspecified atom stereocenters. The van der Waals surface area contributed by atoms with E-state index < -0.39 is 0 Å². The van der Waals surface area contributed by atoms with E-state index >= 15 is 0 Å². The van der Waals surface area contributed by atoms with Crippen molar-refractivity contribution in [1.82, 2.24) is 4.90 Å². The minimum atomic E-state index is -0.382. The van der Waals surface area contributed by atoms with Gasteiger partial charge in [-0.15, -0.1) is 0 Å². The summed E-state index contributed by atoms with van der Waals surface area (Å²) in [6.07, 6.45) is 0. The highest BCUT2D eigenvalue weighted by Crippen LogP contribution is 2.02. The number of carbonyl (C=O) groups excluding carboxylic acids is 2. The second kappa shape index (κ2) is 6.56. The molecule has 0 aliphatic carbocycles. The second-order valence-electron chi connectivity index (χ2n) is 4.65. The summed E-state index contributed by atoms with van der Waals surface area (Å²) in [5.74, 6) is 0.195. The molecule has 4 nitrogen and oxygen atoms in total. The lowest BCUT2D eigenvalue weighted by atomic mass is 10.1. The third kappa shape index (κ3) is 7.08. The number of Topliss-reactive ketones (excluding diaryl/α,β-unsaturated/α-hetero) is 1. The van der Waals surface area contributed by atoms with Crippen molar-refractivity contribution in [2.24, 2.45) is 17.6 Å². The molecule has 0 fully saturated rings. The Morgan fingerprint density at radius 2 is 1.67 bits per heavy atom. The molecule has 0 bridgehead atoms. The van der Waals surface area contributed by atoms with Crippen LogP contribution in [-0.2, 0) is 9.59 Å². The van der Waals surface area contributed by atoms with Crippen molar-refractivity contribution < 1.29 is 9.59 Å². The van der Waals surface area contributed by atoms with E-state index in [1.807, 2.05) is 32.6 Å². The number of nitrogens with two attached hydrogens (primary N) is 1. The third-order valence-corrected chi connectivity index (χ3v) is 2.03. The van der Waals surface area contributed by atoms with Crippen LogP contribution < -0.4 is 5.73 Å². The Bertz CT molecular complexity index is 225. The quantitative estimate of drug-likeness (QED) is 0.677. The van der Waals surface area contributed by atoms with Gasteiger partial charge in [0, 0.05) is 12.5 Å². The summed E-state index contributed by atoms with van der Waals surface area (Å²) in [6, 6.07) is 0. The lowest BCUT2D eigenvalue weighted by molar-refractivity contribution is -0.124. The van der Waals surface area contributed by atoms with Crippen molar-refractivity contribution in [2.75, 3.05) is 19.6 Å². The van der Waals surface area contributed by atoms with Crippen LogP contribution in [0.25, 0.3) is 0 Å². The highest BCUT2D eigenvalue weighted by Gasteiger charge is 2.16. The van der Waals surface area contributed by atoms with Gasteiger partial charge in [0.25, 0.3) is 0 Å². The van der Waals surface area contributed by atoms with Gasteiger partial charge in [0.15, 0.2) is 0 Å². The van der Waals surface area contributed by atoms with E-state index in [2.05, 4.69) is 0 Å². The second-order valence-corrected chi connectivity index (χ2v) is 4.65. The van der Waals surface area contributed by atoms with Crippen LogP contribution in [0.4, 0.5) is 0 Å². The normalized spacial score (nSPS) is 11.4. The number of ketones is 1. The Hall–Kier alpha value is -0.900. The molecule has 0 aromatic rings. The number of carbonyl (C=O) groups is 2. The predicted octanol–water partition coefficient (Wildman–Crippen LogP) is 0.655. The maximum absolute atomic E-state index is 11.5. The zero-order valence-corrected chi connectivity index (χ0v) is 10.1. The first-order valence-corrected chi connectivity index (χ1v) is 5.36. The van der Waals surface area contributed by atoms with Crippen LogP contribution in [0.2, 0.25) is 0 Å². The molecule has 0 aliphatic heterocycles. The van der Waals surface area contributed by atoms with Crippen molar-refractivity contribution in [2.45, 2.75) is 27.7 Å². The first kappa shape index (κ1) is 14.1. The Kier molecular flexibility index (Phi) is 6.17. The van der Waals surface area contributed by atoms with E-state index in [1.54, 1.807) is 0 Å². The maximum Gasteiger partial charge on any atom is 0.231 e. The molecular weight excluding hydrogens is 192 g/mol. The fraction of sp³-hybridized carbons (Fsp3) is 0.818. The van der Waals surface area contributed by atoms with Crippen molar-refractivity contribution in [3.63, 3.8) is 0 Å². The van der Waals surface area contributed by atoms with Crippen molar-refractivity contribution >= 4 is 11.7 Å². The molecule has 0 aromatic heterocycles. The molecule has 4 heteroatoms. The molecule has 2 N–H and O–H groups in total. The van der Waals surface area contributed by atoms with Gasteiger partial charge in [0.05, 0.1) is 13.1 Å². The molecule has 0 aliphatic rings. The molecule has 0 saturated carbocycles. The van der Waals surface area contributed by atoms with Crippen LogP contribution in [0.3, 0.4) is 0 Å². The molecule has 88 valence electrons. The smallest absolute Gasteiger partial charge is 0.231 e. The monoisotopic (exact) mass is 214 g/mol. The van der Waals surface area contributed by atoms with E-state index in [0.29, 0.717) is 12.5 Å². The molecule has 1 amide bonds. The molecule has 0 radical (unpaired) electrons. The van der Waals surface area contributed by atoms with E-state index in [0.717, 1.165) is 6.54 Å². The van der Waals surface area contributed by atoms with Crippen molar-refractivity contribution in [1.29, 1.82) is 0 Å². The van der Waals surface area contributed by atoms with Gasteiger partial charge in [0.2, 0.25) is 5.91 Å². The van der Waals surface area contributed by atoms with Gasteiger partial charge in [0.1, 0.15) is 5.78 Å². The summed E-state index contributed by atoms with van der Waals surface area (Å²) < 4.78 is 0. The summed E-state index contributed by atoms with van der Waals surface area (Å²) in [7, 11) is 0. The number of hydrogen-bond acceptors (Lipinski definition) is 3. The van der Waals surface area contributed by atoms with Gasteiger partial charge < -0.3 is 5.73 Å². The van der Waals surface area contributed by atoms with Gasteiger partial charge >= 0.3 is 0 Å². The predicted molar refractivity (Wildman–Crippen MR) is 60.3 cm³/mol. The number of nitrogens with zero attached hydrogens (tertiary/aromatic N) is 1. The largest absolute Gasteiger partial charge is 0.369 e. The minimum Gasteiger partial charge on any atom is -0.369 e. The highest BCUT2D eigenvalue weighted by molar-refractivity contribution is 5.83. The number of amides is 1. The topological polar surface area (TPSA) is 63.4 Å². The summed E-state index contributed by atoms with van der Waals surface area (Å²) >= 11 is 0.